The van der Waals surface area contributed by atoms with E-state index in [1.807, 2.05) is 39.8 Å². The highest BCUT2D eigenvalue weighted by molar-refractivity contribution is 6.36. The molecule has 1 fully saturated rings. The quantitative estimate of drug-likeness (QED) is 0.489. The highest BCUT2D eigenvalue weighted by atomic mass is 35.5. The van der Waals surface area contributed by atoms with Gasteiger partial charge in [0.1, 0.15) is 0 Å². The topological polar surface area (TPSA) is 113 Å². The lowest BCUT2D eigenvalue weighted by atomic mass is 10.1. The summed E-state index contributed by atoms with van der Waals surface area (Å²) in [5.74, 6) is -0.683. The summed E-state index contributed by atoms with van der Waals surface area (Å²) in [4.78, 5) is 42.0. The van der Waals surface area contributed by atoms with Crippen LogP contribution < -0.4 is 16.4 Å². The number of primary amides is 1. The number of hydrogen-bond donors (Lipinski definition) is 3. The van der Waals surface area contributed by atoms with Crippen molar-refractivity contribution >= 4 is 35.1 Å². The molecule has 192 valence electrons. The van der Waals surface area contributed by atoms with E-state index in [9.17, 15) is 14.4 Å². The minimum atomic E-state index is -0.631. The molecule has 5 rings (SSSR count). The van der Waals surface area contributed by atoms with Crippen molar-refractivity contribution in [2.45, 2.75) is 19.5 Å². The molecular formula is C27H29ClN6O3. The number of carbonyl (C=O) groups is 3. The first-order chi connectivity index (χ1) is 17.9. The first-order valence-electron chi connectivity index (χ1n) is 12.4. The summed E-state index contributed by atoms with van der Waals surface area (Å²) in [7, 11) is 0. The third kappa shape index (κ3) is 5.05. The van der Waals surface area contributed by atoms with Crippen molar-refractivity contribution < 1.29 is 14.4 Å². The number of carbonyl (C=O) groups excluding carboxylic acids is 3. The van der Waals surface area contributed by atoms with Gasteiger partial charge in [-0.05, 0) is 36.7 Å². The van der Waals surface area contributed by atoms with Crippen LogP contribution in [0.25, 0.3) is 11.3 Å². The van der Waals surface area contributed by atoms with Gasteiger partial charge in [0.25, 0.3) is 11.8 Å². The Bertz CT molecular complexity index is 1330. The predicted molar refractivity (Wildman–Crippen MR) is 143 cm³/mol. The summed E-state index contributed by atoms with van der Waals surface area (Å²) in [6, 6.07) is 16.2. The zero-order chi connectivity index (χ0) is 25.9. The van der Waals surface area contributed by atoms with E-state index in [-0.39, 0.29) is 24.0 Å². The van der Waals surface area contributed by atoms with E-state index < -0.39 is 5.91 Å². The summed E-state index contributed by atoms with van der Waals surface area (Å²) in [5, 5.41) is 6.49. The normalized spacial score (nSPS) is 15.6. The van der Waals surface area contributed by atoms with Crippen molar-refractivity contribution in [1.82, 2.24) is 19.7 Å². The number of nitrogens with two attached hydrogens (primary N) is 1. The van der Waals surface area contributed by atoms with Crippen LogP contribution in [0, 0.1) is 0 Å². The fourth-order valence-electron chi connectivity index (χ4n) is 4.99. The summed E-state index contributed by atoms with van der Waals surface area (Å²) < 4.78 is 1.97. The predicted octanol–water partition coefficient (Wildman–Crippen LogP) is 3.39. The smallest absolute Gasteiger partial charge is 0.322 e. The lowest BCUT2D eigenvalue weighted by Gasteiger charge is -2.30. The Kier molecular flexibility index (Phi) is 7.16. The Morgan fingerprint density at radius 2 is 1.73 bits per heavy atom. The minimum absolute atomic E-state index is 0.0511. The molecule has 0 unspecified atom stereocenters. The van der Waals surface area contributed by atoms with E-state index in [1.54, 1.807) is 29.2 Å². The second-order valence-corrected chi connectivity index (χ2v) is 9.57. The lowest BCUT2D eigenvalue weighted by Crippen LogP contribution is -2.41. The number of benzene rings is 2. The molecule has 3 heterocycles. The second kappa shape index (κ2) is 10.7. The van der Waals surface area contributed by atoms with Gasteiger partial charge < -0.3 is 30.7 Å². The van der Waals surface area contributed by atoms with Gasteiger partial charge in [0, 0.05) is 44.0 Å². The average Bonchev–Trinajstić information content (AvgIpc) is 3.03. The number of rotatable bonds is 4. The molecule has 0 atom stereocenters. The third-order valence-electron chi connectivity index (χ3n) is 6.81. The Labute approximate surface area is 220 Å². The number of nitrogens with one attached hydrogen (secondary N) is 2. The van der Waals surface area contributed by atoms with E-state index in [2.05, 4.69) is 10.6 Å². The number of halogens is 1. The maximum atomic E-state index is 13.2. The number of nitrogens with zero attached hydrogens (tertiary/aromatic N) is 3. The Hall–Kier alpha value is -3.82. The van der Waals surface area contributed by atoms with Gasteiger partial charge in [0.05, 0.1) is 28.5 Å². The fraction of sp³-hybridized carbons (Fsp3) is 0.296. The number of anilines is 1. The van der Waals surface area contributed by atoms with Crippen molar-refractivity contribution in [1.29, 1.82) is 0 Å². The third-order valence-corrected chi connectivity index (χ3v) is 7.18. The molecule has 2 aliphatic heterocycles. The van der Waals surface area contributed by atoms with Crippen LogP contribution in [-0.2, 0) is 13.1 Å². The Balaban J connectivity index is 1.35. The highest BCUT2D eigenvalue weighted by Gasteiger charge is 2.31. The van der Waals surface area contributed by atoms with Crippen molar-refractivity contribution in [2.24, 2.45) is 5.73 Å². The van der Waals surface area contributed by atoms with Crippen molar-refractivity contribution in [3.05, 3.63) is 76.4 Å². The Morgan fingerprint density at radius 3 is 2.51 bits per heavy atom. The van der Waals surface area contributed by atoms with Crippen LogP contribution in [0.3, 0.4) is 0 Å². The van der Waals surface area contributed by atoms with E-state index in [0.717, 1.165) is 30.8 Å². The first kappa shape index (κ1) is 24.9. The summed E-state index contributed by atoms with van der Waals surface area (Å²) in [5.41, 5.74) is 9.20. The average molecular weight is 521 g/mol. The molecule has 1 aromatic heterocycles. The van der Waals surface area contributed by atoms with E-state index in [1.165, 1.54) is 0 Å². The second-order valence-electron chi connectivity index (χ2n) is 9.19. The van der Waals surface area contributed by atoms with Gasteiger partial charge in [-0.1, -0.05) is 48.0 Å². The molecule has 3 aromatic rings. The maximum Gasteiger partial charge on any atom is 0.322 e. The van der Waals surface area contributed by atoms with Crippen LogP contribution in [0.1, 0.15) is 32.8 Å². The SMILES string of the molecule is NC(=O)c1c(Cl)c(-c2ccccc2)n2c1CN(C(=O)Nc1cccc(C(=O)N3CCCNCC3)c1)CC2. The molecule has 10 heteroatoms. The molecule has 2 aliphatic rings. The molecule has 4 N–H and O–H groups in total. The molecule has 1 saturated heterocycles. The van der Waals surface area contributed by atoms with Gasteiger partial charge >= 0.3 is 6.03 Å². The van der Waals surface area contributed by atoms with E-state index in [4.69, 9.17) is 17.3 Å². The monoisotopic (exact) mass is 520 g/mol. The molecule has 4 amide bonds. The molecule has 9 nitrogen and oxygen atoms in total. The molecule has 0 aliphatic carbocycles. The molecule has 0 saturated carbocycles. The van der Waals surface area contributed by atoms with Crippen LogP contribution in [0.15, 0.2) is 54.6 Å². The molecule has 2 aromatic carbocycles. The van der Waals surface area contributed by atoms with Crippen LogP contribution in [0.2, 0.25) is 5.02 Å². The van der Waals surface area contributed by atoms with Gasteiger partial charge in [-0.2, -0.15) is 0 Å². The minimum Gasteiger partial charge on any atom is -0.365 e. The molecule has 37 heavy (non-hydrogen) atoms. The van der Waals surface area contributed by atoms with Crippen LogP contribution in [-0.4, -0.2) is 64.9 Å². The number of amides is 4. The van der Waals surface area contributed by atoms with Gasteiger partial charge in [-0.15, -0.1) is 0 Å². The molecular weight excluding hydrogens is 492 g/mol. The fourth-order valence-corrected chi connectivity index (χ4v) is 5.40. The lowest BCUT2D eigenvalue weighted by molar-refractivity contribution is 0.0766. The zero-order valence-corrected chi connectivity index (χ0v) is 21.1. The summed E-state index contributed by atoms with van der Waals surface area (Å²) in [6.07, 6.45) is 0.905. The van der Waals surface area contributed by atoms with Gasteiger partial charge in [0.2, 0.25) is 0 Å². The number of aromatic nitrogens is 1. The Morgan fingerprint density at radius 1 is 0.919 bits per heavy atom. The molecule has 0 bridgehead atoms. The van der Waals surface area contributed by atoms with E-state index >= 15 is 0 Å². The first-order valence-corrected chi connectivity index (χ1v) is 12.7. The number of hydrogen-bond acceptors (Lipinski definition) is 4. The van der Waals surface area contributed by atoms with Crippen LogP contribution in [0.5, 0.6) is 0 Å². The van der Waals surface area contributed by atoms with Crippen molar-refractivity contribution in [3.8, 4) is 11.3 Å². The van der Waals surface area contributed by atoms with Gasteiger partial charge in [0.15, 0.2) is 0 Å². The van der Waals surface area contributed by atoms with Crippen molar-refractivity contribution in [3.63, 3.8) is 0 Å². The van der Waals surface area contributed by atoms with Crippen molar-refractivity contribution in [2.75, 3.05) is 38.0 Å². The number of fused-ring (bicyclic) bond motifs is 1. The van der Waals surface area contributed by atoms with Gasteiger partial charge in [-0.25, -0.2) is 4.79 Å². The molecule has 0 spiro atoms. The molecule has 0 radical (unpaired) electrons. The maximum absolute atomic E-state index is 13.2. The standard InChI is InChI=1S/C27H29ClN6O3/c28-23-22(25(29)35)21-17-33(14-15-34(21)24(23)18-6-2-1-3-7-18)27(37)31-20-9-4-8-19(16-20)26(36)32-12-5-10-30-11-13-32/h1-4,6-9,16,30H,5,10-15,17H2,(H2,29,35)(H,31,37). The zero-order valence-electron chi connectivity index (χ0n) is 20.4. The number of urea groups is 1. The van der Waals surface area contributed by atoms with Crippen LogP contribution in [0.4, 0.5) is 10.5 Å². The van der Waals surface area contributed by atoms with Crippen LogP contribution >= 0.6 is 11.6 Å². The van der Waals surface area contributed by atoms with E-state index in [0.29, 0.717) is 48.1 Å². The summed E-state index contributed by atoms with van der Waals surface area (Å²) >= 11 is 6.65. The summed E-state index contributed by atoms with van der Waals surface area (Å²) in [6.45, 7) is 4.07. The van der Waals surface area contributed by atoms with Gasteiger partial charge in [-0.3, -0.25) is 9.59 Å². The highest BCUT2D eigenvalue weighted by Crippen LogP contribution is 2.37. The largest absolute Gasteiger partial charge is 0.365 e.